The summed E-state index contributed by atoms with van der Waals surface area (Å²) in [6.07, 6.45) is 1.10. The Labute approximate surface area is 82.3 Å². The summed E-state index contributed by atoms with van der Waals surface area (Å²) in [6.45, 7) is 5.54. The second-order valence-corrected chi connectivity index (χ2v) is 5.73. The Morgan fingerprint density at radius 1 is 1.38 bits per heavy atom. The molecule has 0 aromatic rings. The summed E-state index contributed by atoms with van der Waals surface area (Å²) in [7, 11) is -0.555. The van der Waals surface area contributed by atoms with Crippen molar-refractivity contribution in [3.8, 4) is 0 Å². The molecule has 2 saturated heterocycles. The SMILES string of the molecule is CC1CCS(=O)CCN1C1CNC1. The third-order valence-electron chi connectivity index (χ3n) is 3.14. The molecule has 0 aromatic carbocycles. The van der Waals surface area contributed by atoms with Crippen LogP contribution in [0.15, 0.2) is 0 Å². The molecule has 4 heteroatoms. The summed E-state index contributed by atoms with van der Waals surface area (Å²) in [4.78, 5) is 2.53. The highest BCUT2D eigenvalue weighted by Crippen LogP contribution is 2.15. The molecular weight excluding hydrogens is 184 g/mol. The highest BCUT2D eigenvalue weighted by Gasteiger charge is 2.29. The van der Waals surface area contributed by atoms with Crippen LogP contribution in [0.1, 0.15) is 13.3 Å². The van der Waals surface area contributed by atoms with E-state index in [-0.39, 0.29) is 0 Å². The van der Waals surface area contributed by atoms with Crippen LogP contribution in [0.3, 0.4) is 0 Å². The summed E-state index contributed by atoms with van der Waals surface area (Å²) < 4.78 is 11.4. The Hall–Kier alpha value is 0.0700. The zero-order valence-corrected chi connectivity index (χ0v) is 8.98. The van der Waals surface area contributed by atoms with Crippen molar-refractivity contribution in [2.75, 3.05) is 31.1 Å². The van der Waals surface area contributed by atoms with E-state index in [0.717, 1.165) is 37.6 Å². The van der Waals surface area contributed by atoms with Crippen LogP contribution in [0.5, 0.6) is 0 Å². The van der Waals surface area contributed by atoms with Gasteiger partial charge in [-0.3, -0.25) is 9.11 Å². The monoisotopic (exact) mass is 202 g/mol. The lowest BCUT2D eigenvalue weighted by Gasteiger charge is -2.40. The van der Waals surface area contributed by atoms with Gasteiger partial charge in [0.1, 0.15) is 0 Å². The average Bonchev–Trinajstić information content (AvgIpc) is 2.16. The maximum atomic E-state index is 11.4. The molecule has 0 spiro atoms. The third kappa shape index (κ3) is 2.11. The van der Waals surface area contributed by atoms with Crippen LogP contribution in [0.2, 0.25) is 0 Å². The Bertz CT molecular complexity index is 206. The van der Waals surface area contributed by atoms with E-state index in [1.807, 2.05) is 0 Å². The largest absolute Gasteiger partial charge is 0.314 e. The van der Waals surface area contributed by atoms with E-state index in [1.54, 1.807) is 0 Å². The van der Waals surface area contributed by atoms with Gasteiger partial charge in [-0.2, -0.15) is 0 Å². The fourth-order valence-electron chi connectivity index (χ4n) is 2.05. The van der Waals surface area contributed by atoms with Crippen molar-refractivity contribution in [3.05, 3.63) is 0 Å². The Morgan fingerprint density at radius 2 is 2.15 bits per heavy atom. The predicted octanol–water partition coefficient (Wildman–Crippen LogP) is -0.199. The van der Waals surface area contributed by atoms with Crippen LogP contribution in [-0.2, 0) is 10.8 Å². The van der Waals surface area contributed by atoms with E-state index < -0.39 is 10.8 Å². The van der Waals surface area contributed by atoms with Crippen molar-refractivity contribution >= 4 is 10.8 Å². The fraction of sp³-hybridized carbons (Fsp3) is 1.00. The molecule has 0 radical (unpaired) electrons. The molecule has 13 heavy (non-hydrogen) atoms. The highest BCUT2D eigenvalue weighted by molar-refractivity contribution is 7.85. The van der Waals surface area contributed by atoms with Crippen molar-refractivity contribution in [2.24, 2.45) is 0 Å². The van der Waals surface area contributed by atoms with Crippen LogP contribution < -0.4 is 5.32 Å². The summed E-state index contributed by atoms with van der Waals surface area (Å²) in [5.41, 5.74) is 0. The predicted molar refractivity (Wildman–Crippen MR) is 55.3 cm³/mol. The molecule has 2 unspecified atom stereocenters. The molecule has 2 heterocycles. The van der Waals surface area contributed by atoms with Gasteiger partial charge in [-0.05, 0) is 13.3 Å². The lowest BCUT2D eigenvalue weighted by molar-refractivity contribution is 0.111. The Kier molecular flexibility index (Phi) is 3.01. The third-order valence-corrected chi connectivity index (χ3v) is 4.46. The first-order chi connectivity index (χ1) is 6.27. The van der Waals surface area contributed by atoms with Gasteiger partial charge in [0.2, 0.25) is 0 Å². The van der Waals surface area contributed by atoms with Crippen molar-refractivity contribution in [2.45, 2.75) is 25.4 Å². The van der Waals surface area contributed by atoms with Crippen molar-refractivity contribution in [1.82, 2.24) is 10.2 Å². The van der Waals surface area contributed by atoms with Crippen molar-refractivity contribution in [3.63, 3.8) is 0 Å². The van der Waals surface area contributed by atoms with E-state index in [4.69, 9.17) is 0 Å². The number of hydrogen-bond acceptors (Lipinski definition) is 3. The fourth-order valence-corrected chi connectivity index (χ4v) is 3.27. The van der Waals surface area contributed by atoms with E-state index >= 15 is 0 Å². The molecule has 2 fully saturated rings. The molecular formula is C9H18N2OS. The summed E-state index contributed by atoms with van der Waals surface area (Å²) in [5, 5.41) is 3.29. The van der Waals surface area contributed by atoms with Gasteiger partial charge in [-0.15, -0.1) is 0 Å². The van der Waals surface area contributed by atoms with E-state index in [0.29, 0.717) is 12.1 Å². The van der Waals surface area contributed by atoms with Crippen molar-refractivity contribution < 1.29 is 4.21 Å². The topological polar surface area (TPSA) is 32.3 Å². The maximum absolute atomic E-state index is 11.4. The second-order valence-electron chi connectivity index (χ2n) is 4.04. The van der Waals surface area contributed by atoms with Crippen molar-refractivity contribution in [1.29, 1.82) is 0 Å². The van der Waals surface area contributed by atoms with Gasteiger partial charge in [-0.1, -0.05) is 0 Å². The Balaban J connectivity index is 1.95. The number of nitrogens with one attached hydrogen (secondary N) is 1. The molecule has 2 atom stereocenters. The normalized spacial score (nSPS) is 38.2. The molecule has 0 bridgehead atoms. The van der Waals surface area contributed by atoms with Gasteiger partial charge in [-0.25, -0.2) is 0 Å². The molecule has 0 amide bonds. The van der Waals surface area contributed by atoms with E-state index in [9.17, 15) is 4.21 Å². The Morgan fingerprint density at radius 3 is 2.77 bits per heavy atom. The van der Waals surface area contributed by atoms with Crippen LogP contribution in [0.25, 0.3) is 0 Å². The lowest BCUT2D eigenvalue weighted by Crippen LogP contribution is -2.59. The summed E-state index contributed by atoms with van der Waals surface area (Å²) in [6, 6.07) is 1.34. The maximum Gasteiger partial charge on any atom is 0.0362 e. The molecule has 1 N–H and O–H groups in total. The summed E-state index contributed by atoms with van der Waals surface area (Å²) >= 11 is 0. The first-order valence-electron chi connectivity index (χ1n) is 5.09. The van der Waals surface area contributed by atoms with Crippen LogP contribution in [0.4, 0.5) is 0 Å². The highest BCUT2D eigenvalue weighted by atomic mass is 32.2. The van der Waals surface area contributed by atoms with Gasteiger partial charge in [0.15, 0.2) is 0 Å². The minimum Gasteiger partial charge on any atom is -0.314 e. The number of rotatable bonds is 1. The van der Waals surface area contributed by atoms with Gasteiger partial charge in [0.05, 0.1) is 0 Å². The quantitative estimate of drug-likeness (QED) is 0.639. The van der Waals surface area contributed by atoms with Gasteiger partial charge in [0.25, 0.3) is 0 Å². The van der Waals surface area contributed by atoms with Gasteiger partial charge >= 0.3 is 0 Å². The zero-order valence-electron chi connectivity index (χ0n) is 8.16. The molecule has 3 nitrogen and oxygen atoms in total. The molecule has 0 aliphatic carbocycles. The average molecular weight is 202 g/mol. The molecule has 0 saturated carbocycles. The minimum absolute atomic E-state index is 0.555. The van der Waals surface area contributed by atoms with E-state index in [1.165, 1.54) is 0 Å². The number of nitrogens with zero attached hydrogens (tertiary/aromatic N) is 1. The first-order valence-corrected chi connectivity index (χ1v) is 6.57. The van der Waals surface area contributed by atoms with Crippen LogP contribution in [-0.4, -0.2) is 52.3 Å². The first kappa shape index (κ1) is 9.62. The molecule has 2 rings (SSSR count). The van der Waals surface area contributed by atoms with Gasteiger partial charge in [0, 0.05) is 54.0 Å². The molecule has 0 aromatic heterocycles. The molecule has 2 aliphatic rings. The smallest absolute Gasteiger partial charge is 0.0362 e. The van der Waals surface area contributed by atoms with E-state index in [2.05, 4.69) is 17.1 Å². The standard InChI is InChI=1S/C9H18N2OS/c1-8-2-4-13(12)5-3-11(8)9-6-10-7-9/h8-10H,2-7H2,1H3. The molecule has 2 aliphatic heterocycles. The minimum atomic E-state index is -0.555. The van der Waals surface area contributed by atoms with Crippen LogP contribution in [0, 0.1) is 0 Å². The second kappa shape index (κ2) is 4.07. The molecule has 76 valence electrons. The number of hydrogen-bond donors (Lipinski definition) is 1. The van der Waals surface area contributed by atoms with Crippen LogP contribution >= 0.6 is 0 Å². The zero-order chi connectivity index (χ0) is 9.26. The summed E-state index contributed by atoms with van der Waals surface area (Å²) in [5.74, 6) is 1.78. The van der Waals surface area contributed by atoms with Gasteiger partial charge < -0.3 is 5.32 Å². The lowest BCUT2D eigenvalue weighted by atomic mass is 10.1.